The zero-order chi connectivity index (χ0) is 43.7. The Balaban J connectivity index is 0.757. The van der Waals surface area contributed by atoms with Gasteiger partial charge in [-0.2, -0.15) is 12.7 Å². The number of imide groups is 1. The number of rotatable bonds is 10. The van der Waals surface area contributed by atoms with Gasteiger partial charge in [-0.25, -0.2) is 18.2 Å². The molecule has 3 N–H and O–H groups in total. The Hall–Kier alpha value is -6.27. The van der Waals surface area contributed by atoms with E-state index in [-0.39, 0.29) is 43.3 Å². The maximum atomic E-state index is 15.7. The van der Waals surface area contributed by atoms with Crippen molar-refractivity contribution in [1.82, 2.24) is 24.5 Å². The van der Waals surface area contributed by atoms with E-state index in [0.29, 0.717) is 47.0 Å². The predicted octanol–water partition coefficient (Wildman–Crippen LogP) is 5.55. The van der Waals surface area contributed by atoms with Crippen LogP contribution in [0.1, 0.15) is 63.9 Å². The Labute approximate surface area is 360 Å². The molecule has 14 nitrogen and oxygen atoms in total. The van der Waals surface area contributed by atoms with Gasteiger partial charge in [-0.05, 0) is 97.2 Å². The molecule has 5 aliphatic rings. The van der Waals surface area contributed by atoms with Gasteiger partial charge in [-0.3, -0.25) is 29.2 Å². The maximum Gasteiger partial charge on any atom is 0.301 e. The number of carbonyl (C=O) groups is 4. The second kappa shape index (κ2) is 15.8. The minimum absolute atomic E-state index is 0.00244. The number of amides is 3. The van der Waals surface area contributed by atoms with Crippen LogP contribution in [0.25, 0.3) is 22.2 Å². The number of benzene rings is 3. The monoisotopic (exact) mass is 880 g/mol. The van der Waals surface area contributed by atoms with E-state index in [2.05, 4.69) is 31.2 Å². The molecule has 0 aliphatic carbocycles. The molecule has 0 radical (unpaired) electrons. The highest BCUT2D eigenvalue weighted by Gasteiger charge is 2.40. The van der Waals surface area contributed by atoms with E-state index >= 15 is 8.78 Å². The fourth-order valence-electron chi connectivity index (χ4n) is 9.71. The van der Waals surface area contributed by atoms with E-state index < -0.39 is 57.0 Å². The van der Waals surface area contributed by atoms with Gasteiger partial charge in [0.05, 0.1) is 11.3 Å². The van der Waals surface area contributed by atoms with Crippen LogP contribution in [0.5, 0.6) is 0 Å². The van der Waals surface area contributed by atoms with Crippen LogP contribution < -0.4 is 19.8 Å². The second-order valence-corrected chi connectivity index (χ2v) is 18.7. The molecule has 2 atom stereocenters. The van der Waals surface area contributed by atoms with Gasteiger partial charge in [-0.1, -0.05) is 12.1 Å². The standard InChI is InChI=1S/C45H43F3N8O6S/c46-30-13-16-55(24-30)63(61,62)52-37-8-7-36(47)40(41(37)48)42(58)35-20-50-43-34(35)18-27(19-49-43)25-1-3-31(4-2-25)54-21-29(22-54)26-11-14-53(15-12-26)32-5-6-33-28(17-32)23-56(45(33)60)38-9-10-39(57)51-44(38)59/h1-8,17-20,26,29-30,38,52H,9-16,21-24H2,(H,49,50)(H,51,57,59)/t30-,38?/m1/s1. The number of hydrogen-bond acceptors (Lipinski definition) is 9. The number of nitrogens with zero attached hydrogens (tertiary/aromatic N) is 5. The predicted molar refractivity (Wildman–Crippen MR) is 228 cm³/mol. The lowest BCUT2D eigenvalue weighted by Gasteiger charge is -2.47. The molecule has 0 spiro atoms. The third kappa shape index (κ3) is 7.47. The van der Waals surface area contributed by atoms with Gasteiger partial charge >= 0.3 is 10.2 Å². The van der Waals surface area contributed by atoms with Crippen LogP contribution in [-0.2, 0) is 26.3 Å². The molecule has 0 bridgehead atoms. The van der Waals surface area contributed by atoms with Crippen LogP contribution in [-0.4, -0.2) is 103 Å². The Kier molecular flexibility index (Phi) is 10.2. The Bertz CT molecular complexity index is 2810. The smallest absolute Gasteiger partial charge is 0.301 e. The molecule has 2 aromatic heterocycles. The lowest BCUT2D eigenvalue weighted by Crippen LogP contribution is -2.52. The number of carbonyl (C=O) groups excluding carboxylic acids is 4. The van der Waals surface area contributed by atoms with Crippen molar-refractivity contribution >= 4 is 61.8 Å². The quantitative estimate of drug-likeness (QED) is 0.120. The van der Waals surface area contributed by atoms with Gasteiger partial charge in [0, 0.05) is 98.1 Å². The van der Waals surface area contributed by atoms with Crippen molar-refractivity contribution in [2.45, 2.75) is 50.9 Å². The van der Waals surface area contributed by atoms with Crippen molar-refractivity contribution in [3.8, 4) is 11.1 Å². The first-order chi connectivity index (χ1) is 30.3. The Morgan fingerprint density at radius 3 is 2.32 bits per heavy atom. The van der Waals surface area contributed by atoms with Crippen LogP contribution in [0.15, 0.2) is 73.1 Å². The fraction of sp³-hybridized carbons (Fsp3) is 0.356. The zero-order valence-corrected chi connectivity index (χ0v) is 34.8. The van der Waals surface area contributed by atoms with Gasteiger partial charge in [-0.15, -0.1) is 0 Å². The van der Waals surface area contributed by atoms with Crippen molar-refractivity contribution in [1.29, 1.82) is 0 Å². The number of H-pyrrole nitrogens is 1. The first-order valence-electron chi connectivity index (χ1n) is 21.1. The summed E-state index contributed by atoms with van der Waals surface area (Å²) in [5.74, 6) is -3.30. The molecule has 4 fully saturated rings. The number of alkyl halides is 1. The number of nitrogens with one attached hydrogen (secondary N) is 3. The van der Waals surface area contributed by atoms with Gasteiger partial charge in [0.2, 0.25) is 17.6 Å². The summed E-state index contributed by atoms with van der Waals surface area (Å²) in [4.78, 5) is 64.6. The molecule has 0 saturated carbocycles. The van der Waals surface area contributed by atoms with E-state index in [1.165, 1.54) is 6.20 Å². The lowest BCUT2D eigenvalue weighted by molar-refractivity contribution is -0.136. The van der Waals surface area contributed by atoms with Crippen LogP contribution in [0.2, 0.25) is 0 Å². The topological polar surface area (TPSA) is 168 Å². The summed E-state index contributed by atoms with van der Waals surface area (Å²) in [5.41, 5.74) is 3.88. The van der Waals surface area contributed by atoms with Crippen molar-refractivity contribution in [3.63, 3.8) is 0 Å². The highest BCUT2D eigenvalue weighted by atomic mass is 32.2. The van der Waals surface area contributed by atoms with Crippen molar-refractivity contribution in [2.75, 3.05) is 53.8 Å². The highest BCUT2D eigenvalue weighted by molar-refractivity contribution is 7.90. The average molecular weight is 881 g/mol. The average Bonchev–Trinajstić information content (AvgIpc) is 3.98. The van der Waals surface area contributed by atoms with Gasteiger partial charge in [0.15, 0.2) is 5.82 Å². The van der Waals surface area contributed by atoms with Gasteiger partial charge < -0.3 is 19.7 Å². The summed E-state index contributed by atoms with van der Waals surface area (Å²) in [6.45, 7) is 3.57. The number of hydrogen-bond donors (Lipinski definition) is 3. The van der Waals surface area contributed by atoms with Crippen molar-refractivity contribution < 1.29 is 40.8 Å². The number of aromatic amines is 1. The number of pyridine rings is 1. The van der Waals surface area contributed by atoms with Crippen molar-refractivity contribution in [2.24, 2.45) is 11.8 Å². The summed E-state index contributed by atoms with van der Waals surface area (Å²) in [6.07, 6.45) is 4.28. The Morgan fingerprint density at radius 2 is 1.59 bits per heavy atom. The molecule has 63 heavy (non-hydrogen) atoms. The fourth-order valence-corrected chi connectivity index (χ4v) is 11.0. The van der Waals surface area contributed by atoms with E-state index in [9.17, 15) is 32.0 Å². The number of ketones is 1. The molecule has 18 heteroatoms. The molecule has 3 amide bonds. The first-order valence-corrected chi connectivity index (χ1v) is 22.5. The normalized spacial score (nSPS) is 21.3. The van der Waals surface area contributed by atoms with E-state index in [4.69, 9.17) is 0 Å². The summed E-state index contributed by atoms with van der Waals surface area (Å²) >= 11 is 0. The first kappa shape index (κ1) is 40.8. The minimum atomic E-state index is -4.36. The third-order valence-corrected chi connectivity index (χ3v) is 14.8. The molecule has 7 heterocycles. The van der Waals surface area contributed by atoms with Crippen molar-refractivity contribution in [3.05, 3.63) is 107 Å². The largest absolute Gasteiger partial charge is 0.372 e. The molecule has 5 aromatic rings. The summed E-state index contributed by atoms with van der Waals surface area (Å²) in [5, 5.41) is 2.69. The summed E-state index contributed by atoms with van der Waals surface area (Å²) in [6, 6.07) is 16.7. The molecule has 5 aliphatic heterocycles. The molecule has 326 valence electrons. The highest BCUT2D eigenvalue weighted by Crippen LogP contribution is 2.38. The number of fused-ring (bicyclic) bond motifs is 2. The number of anilines is 3. The SMILES string of the molecule is O=C1CCC(N2Cc3cc(N4CCC(C5CN(c6ccc(-c7cnc8[nH]cc(C(=O)c9c(F)ccc(NS(=O)(=O)N%10CC[C@@H](F)C%10)c9F)c8c7)cc6)C5)CC4)ccc3C2=O)C(=O)N1. The molecule has 1 unspecified atom stereocenters. The maximum absolute atomic E-state index is 15.7. The van der Waals surface area contributed by atoms with Gasteiger partial charge in [0.1, 0.15) is 23.7 Å². The molecule has 10 rings (SSSR count). The summed E-state index contributed by atoms with van der Waals surface area (Å²) in [7, 11) is -4.36. The zero-order valence-electron chi connectivity index (χ0n) is 34.0. The van der Waals surface area contributed by atoms with Crippen LogP contribution in [0, 0.1) is 23.5 Å². The molecule has 4 saturated heterocycles. The van der Waals surface area contributed by atoms with Crippen LogP contribution >= 0.6 is 0 Å². The minimum Gasteiger partial charge on any atom is -0.372 e. The lowest BCUT2D eigenvalue weighted by atomic mass is 9.79. The van der Waals surface area contributed by atoms with Crippen LogP contribution in [0.4, 0.5) is 30.2 Å². The Morgan fingerprint density at radius 1 is 0.825 bits per heavy atom. The number of aromatic nitrogens is 2. The van der Waals surface area contributed by atoms with E-state index in [1.807, 2.05) is 41.1 Å². The summed E-state index contributed by atoms with van der Waals surface area (Å²) < 4.78 is 73.0. The molecule has 3 aromatic carbocycles. The second-order valence-electron chi connectivity index (χ2n) is 17.1. The third-order valence-electron chi connectivity index (χ3n) is 13.3. The number of halogens is 3. The van der Waals surface area contributed by atoms with E-state index in [0.717, 1.165) is 78.0 Å². The van der Waals surface area contributed by atoms with Gasteiger partial charge in [0.25, 0.3) is 5.91 Å². The molecular formula is C45H43F3N8O6S. The van der Waals surface area contributed by atoms with E-state index in [1.54, 1.807) is 17.2 Å². The molecular weight excluding hydrogens is 838 g/mol. The van der Waals surface area contributed by atoms with Crippen LogP contribution in [0.3, 0.4) is 0 Å². The number of piperidine rings is 2.